The monoisotopic (exact) mass is 437 g/mol. The molecule has 5 aromatic rings. The fourth-order valence-corrected chi connectivity index (χ4v) is 3.89. The third-order valence-corrected chi connectivity index (χ3v) is 5.41. The van der Waals surface area contributed by atoms with Crippen LogP contribution in [0.1, 0.15) is 5.56 Å². The highest BCUT2D eigenvalue weighted by Crippen LogP contribution is 2.34. The van der Waals surface area contributed by atoms with Crippen molar-refractivity contribution in [3.63, 3.8) is 0 Å². The Hall–Kier alpha value is -4.66. The number of benzene rings is 2. The molecule has 0 saturated carbocycles. The second kappa shape index (κ2) is 7.49. The molecule has 0 bridgehead atoms. The van der Waals surface area contributed by atoms with E-state index in [9.17, 15) is 4.39 Å². The molecule has 0 amide bonds. The molecule has 0 atom stereocenters. The summed E-state index contributed by atoms with van der Waals surface area (Å²) < 4.78 is 21.6. The number of hydrogen-bond acceptors (Lipinski definition) is 7. The van der Waals surface area contributed by atoms with Gasteiger partial charge in [0.1, 0.15) is 17.2 Å². The molecule has 3 aromatic heterocycles. The summed E-state index contributed by atoms with van der Waals surface area (Å²) in [5, 5.41) is 15.9. The first-order valence-electron chi connectivity index (χ1n) is 10.2. The lowest BCUT2D eigenvalue weighted by Gasteiger charge is -2.08. The molecule has 0 fully saturated rings. The first kappa shape index (κ1) is 19.1. The minimum atomic E-state index is -0.427. The van der Waals surface area contributed by atoms with Crippen LogP contribution in [0.4, 0.5) is 10.1 Å². The van der Waals surface area contributed by atoms with Gasteiger partial charge in [-0.05, 0) is 48.0 Å². The maximum Gasteiger partial charge on any atom is 0.281 e. The first-order chi connectivity index (χ1) is 16.2. The number of allylic oxidation sites excluding steroid dienone is 1. The van der Waals surface area contributed by atoms with Gasteiger partial charge in [0.05, 0.1) is 0 Å². The zero-order chi connectivity index (χ0) is 22.4. The van der Waals surface area contributed by atoms with Crippen LogP contribution in [0.15, 0.2) is 83.8 Å². The van der Waals surface area contributed by atoms with Gasteiger partial charge in [-0.2, -0.15) is 4.98 Å². The lowest BCUT2D eigenvalue weighted by atomic mass is 10.1. The quantitative estimate of drug-likeness (QED) is 0.437. The number of halogens is 1. The summed E-state index contributed by atoms with van der Waals surface area (Å²) in [6.07, 6.45) is 4.03. The zero-order valence-electron chi connectivity index (χ0n) is 17.2. The summed E-state index contributed by atoms with van der Waals surface area (Å²) in [4.78, 5) is 8.63. The van der Waals surface area contributed by atoms with Gasteiger partial charge in [0.25, 0.3) is 5.89 Å². The summed E-state index contributed by atoms with van der Waals surface area (Å²) in [5.41, 5.74) is 5.76. The molecule has 160 valence electrons. The Labute approximate surface area is 187 Å². The number of nitrogens with zero attached hydrogens (tertiary/aromatic N) is 6. The predicted octanol–water partition coefficient (Wildman–Crippen LogP) is 4.67. The van der Waals surface area contributed by atoms with Gasteiger partial charge < -0.3 is 9.84 Å². The van der Waals surface area contributed by atoms with Gasteiger partial charge in [-0.15, -0.1) is 5.10 Å². The van der Waals surface area contributed by atoms with Gasteiger partial charge in [0.2, 0.25) is 5.82 Å². The van der Waals surface area contributed by atoms with E-state index in [0.717, 1.165) is 34.5 Å². The maximum absolute atomic E-state index is 14.6. The fraction of sp³-hybridized carbons (Fsp3) is 0.0417. The molecular formula is C24H16FN7O. The highest BCUT2D eigenvalue weighted by atomic mass is 19.1. The Morgan fingerprint density at radius 2 is 1.88 bits per heavy atom. The highest BCUT2D eigenvalue weighted by molar-refractivity contribution is 5.76. The van der Waals surface area contributed by atoms with E-state index in [1.165, 1.54) is 10.7 Å². The normalized spacial score (nSPS) is 12.6. The first-order valence-corrected chi connectivity index (χ1v) is 10.2. The van der Waals surface area contributed by atoms with Crippen molar-refractivity contribution in [3.05, 3.63) is 90.6 Å². The predicted molar refractivity (Wildman–Crippen MR) is 120 cm³/mol. The second-order valence-electron chi connectivity index (χ2n) is 7.59. The summed E-state index contributed by atoms with van der Waals surface area (Å²) in [5.74, 6) is 0.178. The Kier molecular flexibility index (Phi) is 4.32. The van der Waals surface area contributed by atoms with Gasteiger partial charge in [0.15, 0.2) is 5.69 Å². The number of para-hydroxylation sites is 1. The van der Waals surface area contributed by atoms with E-state index in [0.29, 0.717) is 17.2 Å². The van der Waals surface area contributed by atoms with E-state index < -0.39 is 5.82 Å². The van der Waals surface area contributed by atoms with Gasteiger partial charge in [-0.1, -0.05) is 29.1 Å². The second-order valence-corrected chi connectivity index (χ2v) is 7.59. The van der Waals surface area contributed by atoms with Crippen LogP contribution in [0.3, 0.4) is 0 Å². The topological polar surface area (TPSA) is 94.5 Å². The standard InChI is InChI=1S/C24H16FN7O/c1-14-12-17-13-16(6-7-19(17)27-14)23-28-24(33-30-23)21-22(15-8-10-26-11-9-15)32(31-29-21)20-5-3-2-4-18(20)25/h2-11,13,27H,1,12H2. The molecule has 8 nitrogen and oxygen atoms in total. The molecule has 1 aliphatic rings. The van der Waals surface area contributed by atoms with Crippen molar-refractivity contribution in [2.75, 3.05) is 5.32 Å². The van der Waals surface area contributed by atoms with Crippen LogP contribution in [0.5, 0.6) is 0 Å². The summed E-state index contributed by atoms with van der Waals surface area (Å²) in [6, 6.07) is 15.8. The number of rotatable bonds is 4. The van der Waals surface area contributed by atoms with Crippen molar-refractivity contribution < 1.29 is 8.91 Å². The van der Waals surface area contributed by atoms with Gasteiger partial charge >= 0.3 is 0 Å². The molecular weight excluding hydrogens is 421 g/mol. The summed E-state index contributed by atoms with van der Waals surface area (Å²) in [6.45, 7) is 3.98. The van der Waals surface area contributed by atoms with Crippen molar-refractivity contribution in [2.45, 2.75) is 6.42 Å². The van der Waals surface area contributed by atoms with E-state index in [1.807, 2.05) is 18.2 Å². The van der Waals surface area contributed by atoms with E-state index >= 15 is 0 Å². The molecule has 0 unspecified atom stereocenters. The number of anilines is 1. The van der Waals surface area contributed by atoms with Gasteiger partial charge in [0, 0.05) is 41.3 Å². The van der Waals surface area contributed by atoms with E-state index in [1.54, 1.807) is 42.7 Å². The lowest BCUT2D eigenvalue weighted by Crippen LogP contribution is -2.02. The smallest absolute Gasteiger partial charge is 0.281 e. The molecule has 0 radical (unpaired) electrons. The van der Waals surface area contributed by atoms with Crippen LogP contribution in [-0.2, 0) is 6.42 Å². The molecule has 9 heteroatoms. The molecule has 6 rings (SSSR count). The molecule has 0 aliphatic carbocycles. The fourth-order valence-electron chi connectivity index (χ4n) is 3.89. The van der Waals surface area contributed by atoms with Crippen LogP contribution >= 0.6 is 0 Å². The molecule has 1 N–H and O–H groups in total. The molecule has 33 heavy (non-hydrogen) atoms. The van der Waals surface area contributed by atoms with Gasteiger partial charge in [-0.25, -0.2) is 9.07 Å². The average Bonchev–Trinajstić information content (AvgIpc) is 3.56. The van der Waals surface area contributed by atoms with Crippen LogP contribution in [0, 0.1) is 5.82 Å². The Balaban J connectivity index is 1.46. The highest BCUT2D eigenvalue weighted by Gasteiger charge is 2.24. The largest absolute Gasteiger partial charge is 0.359 e. The van der Waals surface area contributed by atoms with Crippen molar-refractivity contribution in [2.24, 2.45) is 0 Å². The van der Waals surface area contributed by atoms with Crippen molar-refractivity contribution in [3.8, 4) is 39.9 Å². The Bertz CT molecular complexity index is 1510. The van der Waals surface area contributed by atoms with Crippen LogP contribution < -0.4 is 5.32 Å². The Morgan fingerprint density at radius 3 is 2.73 bits per heavy atom. The molecule has 1 aliphatic heterocycles. The minimum Gasteiger partial charge on any atom is -0.359 e. The van der Waals surface area contributed by atoms with Crippen LogP contribution in [-0.4, -0.2) is 30.1 Å². The SMILES string of the molecule is C=C1Cc2cc(-c3noc(-c4nnn(-c5ccccc5F)c4-c4ccncc4)n3)ccc2N1. The van der Waals surface area contributed by atoms with Crippen molar-refractivity contribution in [1.29, 1.82) is 0 Å². The summed E-state index contributed by atoms with van der Waals surface area (Å²) in [7, 11) is 0. The van der Waals surface area contributed by atoms with E-state index in [-0.39, 0.29) is 11.6 Å². The zero-order valence-corrected chi connectivity index (χ0v) is 17.2. The average molecular weight is 437 g/mol. The number of pyridine rings is 1. The number of fused-ring (bicyclic) bond motifs is 1. The lowest BCUT2D eigenvalue weighted by molar-refractivity contribution is 0.431. The maximum atomic E-state index is 14.6. The van der Waals surface area contributed by atoms with E-state index in [4.69, 9.17) is 4.52 Å². The molecule has 0 spiro atoms. The van der Waals surface area contributed by atoms with Crippen molar-refractivity contribution in [1.82, 2.24) is 30.1 Å². The number of nitrogens with one attached hydrogen (secondary N) is 1. The van der Waals surface area contributed by atoms with E-state index in [2.05, 4.69) is 37.3 Å². The third-order valence-electron chi connectivity index (χ3n) is 5.41. The molecule has 2 aromatic carbocycles. The van der Waals surface area contributed by atoms with Crippen LogP contribution in [0.25, 0.3) is 39.9 Å². The van der Waals surface area contributed by atoms with Crippen LogP contribution in [0.2, 0.25) is 0 Å². The minimum absolute atomic E-state index is 0.183. The number of aromatic nitrogens is 6. The number of hydrogen-bond donors (Lipinski definition) is 1. The van der Waals surface area contributed by atoms with Crippen molar-refractivity contribution >= 4 is 5.69 Å². The summed E-state index contributed by atoms with van der Waals surface area (Å²) >= 11 is 0. The molecule has 0 saturated heterocycles. The van der Waals surface area contributed by atoms with Gasteiger partial charge in [-0.3, -0.25) is 4.98 Å². The molecule has 4 heterocycles. The third kappa shape index (κ3) is 3.26. The Morgan fingerprint density at radius 1 is 1.03 bits per heavy atom.